The fraction of sp³-hybridized carbons (Fsp3) is 0.533. The Labute approximate surface area is 114 Å². The summed E-state index contributed by atoms with van der Waals surface area (Å²) in [5.41, 5.74) is 7.05. The van der Waals surface area contributed by atoms with Crippen molar-refractivity contribution in [3.63, 3.8) is 0 Å². The summed E-state index contributed by atoms with van der Waals surface area (Å²) in [5.74, 6) is 0.198. The molecular weight excluding hydrogens is 240 g/mol. The molecule has 1 fully saturated rings. The maximum Gasteiger partial charge on any atom is 0.239 e. The van der Waals surface area contributed by atoms with E-state index in [1.165, 1.54) is 0 Å². The summed E-state index contributed by atoms with van der Waals surface area (Å²) >= 11 is 0. The van der Waals surface area contributed by atoms with Gasteiger partial charge in [0.2, 0.25) is 5.91 Å². The largest absolute Gasteiger partial charge is 0.391 e. The predicted molar refractivity (Wildman–Crippen MR) is 74.5 cm³/mol. The standard InChI is InChI=1S/C15H22N2O2/c1-11-7-8-17(10-14(11)18)15(19)13(16)9-12-5-3-2-4-6-12/h2-6,11,13-14,18H,7-10,16H2,1H3. The number of carbonyl (C=O) groups is 1. The number of hydrogen-bond donors (Lipinski definition) is 2. The van der Waals surface area contributed by atoms with E-state index in [1.54, 1.807) is 4.90 Å². The molecule has 4 nitrogen and oxygen atoms in total. The highest BCUT2D eigenvalue weighted by Gasteiger charge is 2.29. The highest BCUT2D eigenvalue weighted by molar-refractivity contribution is 5.82. The Kier molecular flexibility index (Phi) is 4.56. The maximum atomic E-state index is 12.2. The van der Waals surface area contributed by atoms with Crippen LogP contribution < -0.4 is 5.73 Å². The lowest BCUT2D eigenvalue weighted by molar-refractivity contribution is -0.136. The van der Waals surface area contributed by atoms with Gasteiger partial charge in [-0.1, -0.05) is 37.3 Å². The first-order chi connectivity index (χ1) is 9.08. The molecule has 3 atom stereocenters. The minimum atomic E-state index is -0.525. The van der Waals surface area contributed by atoms with E-state index in [1.807, 2.05) is 37.3 Å². The zero-order valence-electron chi connectivity index (χ0n) is 11.3. The van der Waals surface area contributed by atoms with Gasteiger partial charge in [-0.3, -0.25) is 4.79 Å². The number of aliphatic hydroxyl groups is 1. The second-order valence-corrected chi connectivity index (χ2v) is 5.41. The predicted octanol–water partition coefficient (Wildman–Crippen LogP) is 0.786. The summed E-state index contributed by atoms with van der Waals surface area (Å²) in [6.07, 6.45) is 0.953. The lowest BCUT2D eigenvalue weighted by atomic mass is 9.95. The van der Waals surface area contributed by atoms with Gasteiger partial charge in [-0.25, -0.2) is 0 Å². The summed E-state index contributed by atoms with van der Waals surface area (Å²) < 4.78 is 0. The van der Waals surface area contributed by atoms with E-state index in [-0.39, 0.29) is 11.8 Å². The topological polar surface area (TPSA) is 66.6 Å². The Morgan fingerprint density at radius 2 is 2.16 bits per heavy atom. The molecule has 0 bridgehead atoms. The van der Waals surface area contributed by atoms with Crippen LogP contribution in [-0.4, -0.2) is 41.1 Å². The van der Waals surface area contributed by atoms with Crippen molar-refractivity contribution in [1.82, 2.24) is 4.90 Å². The second-order valence-electron chi connectivity index (χ2n) is 5.41. The molecule has 104 valence electrons. The van der Waals surface area contributed by atoms with E-state index in [0.717, 1.165) is 12.0 Å². The third-order valence-corrected chi connectivity index (χ3v) is 3.85. The maximum absolute atomic E-state index is 12.2. The number of piperidine rings is 1. The van der Waals surface area contributed by atoms with Gasteiger partial charge in [0.15, 0.2) is 0 Å². The van der Waals surface area contributed by atoms with Gasteiger partial charge >= 0.3 is 0 Å². The van der Waals surface area contributed by atoms with E-state index in [2.05, 4.69) is 0 Å². The molecule has 1 heterocycles. The van der Waals surface area contributed by atoms with Crippen molar-refractivity contribution in [3.8, 4) is 0 Å². The van der Waals surface area contributed by atoms with E-state index in [9.17, 15) is 9.90 Å². The summed E-state index contributed by atoms with van der Waals surface area (Å²) in [7, 11) is 0. The van der Waals surface area contributed by atoms with E-state index in [4.69, 9.17) is 5.73 Å². The molecule has 1 aliphatic heterocycles. The van der Waals surface area contributed by atoms with Gasteiger partial charge in [0.25, 0.3) is 0 Å². The Hall–Kier alpha value is -1.39. The number of aliphatic hydroxyl groups excluding tert-OH is 1. The average Bonchev–Trinajstić information content (AvgIpc) is 2.42. The number of β-amino-alcohol motifs (C(OH)–C–C–N with tert-alkyl or cyclic N) is 1. The first kappa shape index (κ1) is 14.0. The molecule has 0 radical (unpaired) electrons. The normalized spacial score (nSPS) is 25.1. The third kappa shape index (κ3) is 3.55. The number of carbonyl (C=O) groups excluding carboxylic acids is 1. The summed E-state index contributed by atoms with van der Waals surface area (Å²) in [6, 6.07) is 9.25. The summed E-state index contributed by atoms with van der Waals surface area (Å²) in [5, 5.41) is 9.83. The van der Waals surface area contributed by atoms with Crippen molar-refractivity contribution in [1.29, 1.82) is 0 Å². The summed E-state index contributed by atoms with van der Waals surface area (Å²) in [6.45, 7) is 3.11. The molecule has 0 aromatic heterocycles. The first-order valence-electron chi connectivity index (χ1n) is 6.84. The average molecular weight is 262 g/mol. The van der Waals surface area contributed by atoms with Crippen molar-refractivity contribution in [2.24, 2.45) is 11.7 Å². The number of likely N-dealkylation sites (tertiary alicyclic amines) is 1. The highest BCUT2D eigenvalue weighted by atomic mass is 16.3. The van der Waals surface area contributed by atoms with Crippen LogP contribution in [0.2, 0.25) is 0 Å². The van der Waals surface area contributed by atoms with Gasteiger partial charge < -0.3 is 15.7 Å². The van der Waals surface area contributed by atoms with Crippen molar-refractivity contribution < 1.29 is 9.90 Å². The van der Waals surface area contributed by atoms with Crippen LogP contribution in [-0.2, 0) is 11.2 Å². The van der Waals surface area contributed by atoms with Gasteiger partial charge in [0, 0.05) is 13.1 Å². The van der Waals surface area contributed by atoms with Gasteiger partial charge in [-0.15, -0.1) is 0 Å². The smallest absolute Gasteiger partial charge is 0.239 e. The lowest BCUT2D eigenvalue weighted by Crippen LogP contribution is -2.52. The molecule has 4 heteroatoms. The monoisotopic (exact) mass is 262 g/mol. The van der Waals surface area contributed by atoms with Crippen LogP contribution >= 0.6 is 0 Å². The first-order valence-corrected chi connectivity index (χ1v) is 6.84. The molecule has 1 saturated heterocycles. The molecule has 1 aliphatic rings. The van der Waals surface area contributed by atoms with Crippen LogP contribution in [0.15, 0.2) is 30.3 Å². The molecule has 3 unspecified atom stereocenters. The number of benzene rings is 1. The van der Waals surface area contributed by atoms with Crippen LogP contribution in [0, 0.1) is 5.92 Å². The summed E-state index contributed by atoms with van der Waals surface area (Å²) in [4.78, 5) is 13.9. The molecule has 3 N–H and O–H groups in total. The van der Waals surface area contributed by atoms with Crippen molar-refractivity contribution in [2.45, 2.75) is 31.9 Å². The fourth-order valence-corrected chi connectivity index (χ4v) is 2.44. The van der Waals surface area contributed by atoms with E-state index in [0.29, 0.717) is 19.5 Å². The zero-order valence-corrected chi connectivity index (χ0v) is 11.3. The van der Waals surface area contributed by atoms with E-state index >= 15 is 0 Å². The lowest BCUT2D eigenvalue weighted by Gasteiger charge is -2.35. The second kappa shape index (κ2) is 6.17. The minimum absolute atomic E-state index is 0.0604. The highest BCUT2D eigenvalue weighted by Crippen LogP contribution is 2.17. The SMILES string of the molecule is CC1CCN(C(=O)C(N)Cc2ccccc2)CC1O. The number of nitrogens with zero attached hydrogens (tertiary/aromatic N) is 1. The third-order valence-electron chi connectivity index (χ3n) is 3.85. The number of hydrogen-bond acceptors (Lipinski definition) is 3. The Morgan fingerprint density at radius 1 is 1.47 bits per heavy atom. The fourth-order valence-electron chi connectivity index (χ4n) is 2.44. The molecule has 1 aromatic carbocycles. The Balaban J connectivity index is 1.92. The molecule has 0 aliphatic carbocycles. The van der Waals surface area contributed by atoms with Gasteiger partial charge in [-0.2, -0.15) is 0 Å². The van der Waals surface area contributed by atoms with Crippen molar-refractivity contribution in [2.75, 3.05) is 13.1 Å². The van der Waals surface area contributed by atoms with Crippen LogP contribution in [0.4, 0.5) is 0 Å². The molecule has 1 aromatic rings. The molecule has 1 amide bonds. The van der Waals surface area contributed by atoms with Crippen LogP contribution in [0.5, 0.6) is 0 Å². The van der Waals surface area contributed by atoms with Gasteiger partial charge in [-0.05, 0) is 24.3 Å². The minimum Gasteiger partial charge on any atom is -0.391 e. The number of rotatable bonds is 3. The van der Waals surface area contributed by atoms with Crippen LogP contribution in [0.1, 0.15) is 18.9 Å². The van der Waals surface area contributed by atoms with E-state index < -0.39 is 12.1 Å². The van der Waals surface area contributed by atoms with Gasteiger partial charge in [0.05, 0.1) is 12.1 Å². The van der Waals surface area contributed by atoms with Crippen molar-refractivity contribution >= 4 is 5.91 Å². The zero-order chi connectivity index (χ0) is 13.8. The Morgan fingerprint density at radius 3 is 2.79 bits per heavy atom. The van der Waals surface area contributed by atoms with Gasteiger partial charge in [0.1, 0.15) is 0 Å². The van der Waals surface area contributed by atoms with Crippen LogP contribution in [0.3, 0.4) is 0 Å². The number of amides is 1. The van der Waals surface area contributed by atoms with Crippen LogP contribution in [0.25, 0.3) is 0 Å². The molecule has 0 spiro atoms. The molecule has 2 rings (SSSR count). The Bertz CT molecular complexity index is 421. The molecular formula is C15H22N2O2. The quantitative estimate of drug-likeness (QED) is 0.846. The number of nitrogens with two attached hydrogens (primary N) is 1. The molecule has 0 saturated carbocycles. The van der Waals surface area contributed by atoms with Crippen molar-refractivity contribution in [3.05, 3.63) is 35.9 Å². The molecule has 19 heavy (non-hydrogen) atoms.